The predicted molar refractivity (Wildman–Crippen MR) is 40.9 cm³/mol. The van der Waals surface area contributed by atoms with E-state index >= 15 is 0 Å². The zero-order valence-electron chi connectivity index (χ0n) is 6.69. The van der Waals surface area contributed by atoms with Gasteiger partial charge in [-0.25, -0.2) is 0 Å². The van der Waals surface area contributed by atoms with E-state index in [0.29, 0.717) is 0 Å². The Labute approximate surface area is 66.2 Å². The lowest BCUT2D eigenvalue weighted by molar-refractivity contribution is -0.0467. The van der Waals surface area contributed by atoms with Crippen LogP contribution in [-0.2, 0) is 4.74 Å². The summed E-state index contributed by atoms with van der Waals surface area (Å²) in [6.07, 6.45) is -1.65. The van der Waals surface area contributed by atoms with Gasteiger partial charge < -0.3 is 20.1 Å². The van der Waals surface area contributed by atoms with Gasteiger partial charge in [-0.15, -0.1) is 0 Å². The second-order valence-electron chi connectivity index (χ2n) is 3.17. The van der Waals surface area contributed by atoms with E-state index in [0.717, 1.165) is 0 Å². The molecule has 4 nitrogen and oxygen atoms in total. The first kappa shape index (κ1) is 9.00. The molecule has 0 aromatic rings. The van der Waals surface area contributed by atoms with Crippen molar-refractivity contribution in [1.29, 1.82) is 0 Å². The maximum Gasteiger partial charge on any atom is 0.143 e. The van der Waals surface area contributed by atoms with Crippen LogP contribution in [0.3, 0.4) is 0 Å². The number of aliphatic hydroxyl groups is 3. The normalized spacial score (nSPS) is 51.5. The second-order valence-corrected chi connectivity index (χ2v) is 3.17. The van der Waals surface area contributed by atoms with Gasteiger partial charge in [0.2, 0.25) is 0 Å². The summed E-state index contributed by atoms with van der Waals surface area (Å²) in [5.74, 6) is 0. The van der Waals surface area contributed by atoms with Crippen LogP contribution in [0.2, 0.25) is 0 Å². The standard InChI is InChI=1S/C6H13BO4/c1-6(10)4(9)3(2-8)11-5(6)7/h3-5,8-10H,2,7H2,1H3/t3-,4-,5-,6-/m1/s1. The van der Waals surface area contributed by atoms with Crippen LogP contribution in [0.5, 0.6) is 0 Å². The Bertz CT molecular complexity index is 150. The highest BCUT2D eigenvalue weighted by Crippen LogP contribution is 2.28. The fraction of sp³-hybridized carbons (Fsp3) is 1.00. The molecule has 1 saturated heterocycles. The summed E-state index contributed by atoms with van der Waals surface area (Å²) in [6.45, 7) is 1.24. The lowest BCUT2D eigenvalue weighted by atomic mass is 9.82. The summed E-state index contributed by atoms with van der Waals surface area (Å²) in [4.78, 5) is 0. The number of ether oxygens (including phenoxy) is 1. The van der Waals surface area contributed by atoms with Crippen molar-refractivity contribution in [3.8, 4) is 0 Å². The van der Waals surface area contributed by atoms with E-state index in [1.807, 2.05) is 0 Å². The molecule has 11 heavy (non-hydrogen) atoms. The Morgan fingerprint density at radius 2 is 2.18 bits per heavy atom. The van der Waals surface area contributed by atoms with Crippen LogP contribution in [0, 0.1) is 0 Å². The largest absolute Gasteiger partial charge is 0.394 e. The topological polar surface area (TPSA) is 69.9 Å². The molecule has 0 saturated carbocycles. The molecule has 0 aromatic carbocycles. The van der Waals surface area contributed by atoms with Gasteiger partial charge in [-0.1, -0.05) is 0 Å². The molecule has 1 aliphatic rings. The summed E-state index contributed by atoms with van der Waals surface area (Å²) in [5, 5.41) is 27.6. The van der Waals surface area contributed by atoms with Gasteiger partial charge in [0.1, 0.15) is 25.7 Å². The second kappa shape index (κ2) is 2.75. The third-order valence-electron chi connectivity index (χ3n) is 2.33. The molecule has 5 heteroatoms. The summed E-state index contributed by atoms with van der Waals surface area (Å²) in [6, 6.07) is -0.436. The molecule has 1 fully saturated rings. The minimum absolute atomic E-state index is 0.262. The molecular formula is C6H13BO4. The number of aliphatic hydroxyl groups excluding tert-OH is 2. The lowest BCUT2D eigenvalue weighted by Crippen LogP contribution is -2.45. The third-order valence-corrected chi connectivity index (χ3v) is 2.33. The first-order chi connectivity index (χ1) is 5.00. The van der Waals surface area contributed by atoms with Gasteiger partial charge >= 0.3 is 0 Å². The van der Waals surface area contributed by atoms with Crippen molar-refractivity contribution in [2.75, 3.05) is 6.61 Å². The van der Waals surface area contributed by atoms with E-state index in [4.69, 9.17) is 9.84 Å². The zero-order chi connectivity index (χ0) is 8.65. The summed E-state index contributed by atoms with van der Waals surface area (Å²) in [7, 11) is 1.67. The molecule has 0 spiro atoms. The highest BCUT2D eigenvalue weighted by Gasteiger charge is 2.48. The molecular weight excluding hydrogens is 147 g/mol. The summed E-state index contributed by atoms with van der Waals surface area (Å²) >= 11 is 0. The molecule has 1 aliphatic heterocycles. The van der Waals surface area contributed by atoms with Gasteiger partial charge in [-0.3, -0.25) is 0 Å². The van der Waals surface area contributed by atoms with E-state index in [2.05, 4.69) is 0 Å². The van der Waals surface area contributed by atoms with Gasteiger partial charge in [0.15, 0.2) is 0 Å². The fourth-order valence-electron chi connectivity index (χ4n) is 1.23. The van der Waals surface area contributed by atoms with Crippen LogP contribution in [0.1, 0.15) is 6.92 Å². The molecule has 4 atom stereocenters. The Kier molecular flexibility index (Phi) is 2.25. The molecule has 0 radical (unpaired) electrons. The van der Waals surface area contributed by atoms with Crippen LogP contribution in [-0.4, -0.2) is 53.6 Å². The number of rotatable bonds is 1. The first-order valence-electron chi connectivity index (χ1n) is 3.67. The van der Waals surface area contributed by atoms with Crippen LogP contribution in [0.25, 0.3) is 0 Å². The molecule has 0 aliphatic carbocycles. The minimum atomic E-state index is -1.24. The van der Waals surface area contributed by atoms with Crippen molar-refractivity contribution in [2.45, 2.75) is 30.7 Å². The maximum atomic E-state index is 9.55. The van der Waals surface area contributed by atoms with Crippen molar-refractivity contribution in [1.82, 2.24) is 0 Å². The van der Waals surface area contributed by atoms with E-state index in [9.17, 15) is 10.2 Å². The molecule has 0 aromatic heterocycles. The summed E-state index contributed by atoms with van der Waals surface area (Å²) < 4.78 is 5.09. The SMILES string of the molecule is B[C@@H]1O[C@H](CO)[C@@H](O)[C@@]1(C)O. The van der Waals surface area contributed by atoms with E-state index < -0.39 is 23.8 Å². The molecule has 0 unspecified atom stereocenters. The summed E-state index contributed by atoms with van der Waals surface area (Å²) in [5.41, 5.74) is -1.24. The quantitative estimate of drug-likeness (QED) is 0.369. The van der Waals surface area contributed by atoms with Crippen molar-refractivity contribution in [3.05, 3.63) is 0 Å². The highest BCUT2D eigenvalue weighted by atomic mass is 16.6. The number of hydrogen-bond donors (Lipinski definition) is 3. The van der Waals surface area contributed by atoms with Crippen LogP contribution < -0.4 is 0 Å². The Balaban J connectivity index is 2.71. The van der Waals surface area contributed by atoms with E-state index in [1.165, 1.54) is 6.92 Å². The van der Waals surface area contributed by atoms with Crippen molar-refractivity contribution < 1.29 is 20.1 Å². The Morgan fingerprint density at radius 3 is 2.36 bits per heavy atom. The monoisotopic (exact) mass is 160 g/mol. The van der Waals surface area contributed by atoms with E-state index in [1.54, 1.807) is 7.85 Å². The van der Waals surface area contributed by atoms with E-state index in [-0.39, 0.29) is 6.61 Å². The highest BCUT2D eigenvalue weighted by molar-refractivity contribution is 6.12. The average Bonchev–Trinajstić information content (AvgIpc) is 2.14. The van der Waals surface area contributed by atoms with Crippen LogP contribution in [0.15, 0.2) is 0 Å². The Hall–Kier alpha value is -0.0951. The molecule has 0 amide bonds. The molecule has 1 rings (SSSR count). The van der Waals surface area contributed by atoms with Crippen molar-refractivity contribution in [2.24, 2.45) is 0 Å². The van der Waals surface area contributed by atoms with Gasteiger partial charge in [-0.2, -0.15) is 0 Å². The fourth-order valence-corrected chi connectivity index (χ4v) is 1.23. The molecule has 1 heterocycles. The molecule has 3 N–H and O–H groups in total. The maximum absolute atomic E-state index is 9.55. The van der Waals surface area contributed by atoms with Crippen molar-refractivity contribution in [3.63, 3.8) is 0 Å². The average molecular weight is 160 g/mol. The smallest absolute Gasteiger partial charge is 0.143 e. The molecule has 64 valence electrons. The predicted octanol–water partition coefficient (Wildman–Crippen LogP) is -2.55. The van der Waals surface area contributed by atoms with Crippen molar-refractivity contribution >= 4 is 7.85 Å². The molecule has 0 bridgehead atoms. The Morgan fingerprint density at radius 1 is 1.64 bits per heavy atom. The van der Waals surface area contributed by atoms with Gasteiger partial charge in [-0.05, 0) is 6.92 Å². The van der Waals surface area contributed by atoms with Gasteiger partial charge in [0, 0.05) is 0 Å². The minimum Gasteiger partial charge on any atom is -0.394 e. The van der Waals surface area contributed by atoms with Crippen LogP contribution in [0.4, 0.5) is 0 Å². The van der Waals surface area contributed by atoms with Gasteiger partial charge in [0.05, 0.1) is 12.6 Å². The van der Waals surface area contributed by atoms with Crippen LogP contribution >= 0.6 is 0 Å². The van der Waals surface area contributed by atoms with Gasteiger partial charge in [0.25, 0.3) is 0 Å². The first-order valence-corrected chi connectivity index (χ1v) is 3.67. The zero-order valence-corrected chi connectivity index (χ0v) is 6.69. The number of hydrogen-bond acceptors (Lipinski definition) is 4. The third kappa shape index (κ3) is 1.29. The lowest BCUT2D eigenvalue weighted by Gasteiger charge is -2.23.